The van der Waals surface area contributed by atoms with Crippen LogP contribution in [0.3, 0.4) is 0 Å². The molecule has 1 aromatic rings. The van der Waals surface area contributed by atoms with Gasteiger partial charge in [-0.25, -0.2) is 13.1 Å². The highest BCUT2D eigenvalue weighted by Crippen LogP contribution is 2.28. The molecule has 1 aliphatic rings. The molecule has 0 aliphatic carbocycles. The fraction of sp³-hybridized carbons (Fsp3) is 0.571. The maximum absolute atomic E-state index is 12.4. The first kappa shape index (κ1) is 19.8. The molecule has 9 heteroatoms. The van der Waals surface area contributed by atoms with Crippen molar-refractivity contribution in [1.82, 2.24) is 10.0 Å². The molecule has 0 saturated carbocycles. The van der Waals surface area contributed by atoms with Crippen molar-refractivity contribution in [2.45, 2.75) is 31.6 Å². The van der Waals surface area contributed by atoms with Gasteiger partial charge in [-0.05, 0) is 50.4 Å². The quantitative estimate of drug-likeness (QED) is 0.615. The van der Waals surface area contributed by atoms with E-state index in [0.717, 1.165) is 25.9 Å². The van der Waals surface area contributed by atoms with Gasteiger partial charge in [-0.3, -0.25) is 10.1 Å². The smallest absolute Gasteiger partial charge is 0.272 e. The zero-order valence-corrected chi connectivity index (χ0v) is 14.8. The van der Waals surface area contributed by atoms with Gasteiger partial charge >= 0.3 is 0 Å². The average Bonchev–Trinajstić information content (AvgIpc) is 2.46. The number of nitro benzene ring substituents is 1. The lowest BCUT2D eigenvalue weighted by Crippen LogP contribution is -2.42. The van der Waals surface area contributed by atoms with E-state index in [1.807, 2.05) is 0 Å². The van der Waals surface area contributed by atoms with E-state index >= 15 is 0 Å². The van der Waals surface area contributed by atoms with Crippen LogP contribution in [-0.2, 0) is 10.0 Å². The molecule has 0 unspecified atom stereocenters. The van der Waals surface area contributed by atoms with Crippen molar-refractivity contribution in [3.63, 3.8) is 0 Å². The van der Waals surface area contributed by atoms with E-state index < -0.39 is 14.9 Å². The molecule has 1 heterocycles. The van der Waals surface area contributed by atoms with E-state index in [1.165, 1.54) is 25.1 Å². The molecule has 0 spiro atoms. The van der Waals surface area contributed by atoms with Crippen LogP contribution in [0.15, 0.2) is 23.1 Å². The Hall–Kier alpha value is -1.22. The van der Waals surface area contributed by atoms with Crippen LogP contribution < -0.4 is 10.0 Å². The minimum Gasteiger partial charge on any atom is -0.317 e. The summed E-state index contributed by atoms with van der Waals surface area (Å²) in [5, 5.41) is 14.0. The highest BCUT2D eigenvalue weighted by molar-refractivity contribution is 7.89. The Morgan fingerprint density at radius 3 is 2.48 bits per heavy atom. The van der Waals surface area contributed by atoms with Gasteiger partial charge in [0, 0.05) is 18.2 Å². The fourth-order valence-corrected chi connectivity index (χ4v) is 3.84. The zero-order chi connectivity index (χ0) is 16.4. The first-order valence-electron chi connectivity index (χ1n) is 7.19. The van der Waals surface area contributed by atoms with Gasteiger partial charge in [-0.15, -0.1) is 12.4 Å². The van der Waals surface area contributed by atoms with Crippen LogP contribution in [-0.4, -0.2) is 33.0 Å². The summed E-state index contributed by atoms with van der Waals surface area (Å²) in [4.78, 5) is 10.3. The van der Waals surface area contributed by atoms with Gasteiger partial charge < -0.3 is 5.32 Å². The number of nitro groups is 1. The van der Waals surface area contributed by atoms with Gasteiger partial charge in [0.05, 0.1) is 9.82 Å². The third kappa shape index (κ3) is 4.87. The highest BCUT2D eigenvalue weighted by Gasteiger charge is 2.29. The summed E-state index contributed by atoms with van der Waals surface area (Å²) >= 11 is 0. The first-order chi connectivity index (χ1) is 10.2. The lowest BCUT2D eigenvalue weighted by atomic mass is 9.81. The van der Waals surface area contributed by atoms with E-state index in [-0.39, 0.29) is 28.4 Å². The third-order valence-corrected chi connectivity index (χ3v) is 5.57. The van der Waals surface area contributed by atoms with Crippen molar-refractivity contribution < 1.29 is 13.3 Å². The number of hydrogen-bond donors (Lipinski definition) is 2. The summed E-state index contributed by atoms with van der Waals surface area (Å²) < 4.78 is 27.3. The Balaban J connectivity index is 0.00000264. The summed E-state index contributed by atoms with van der Waals surface area (Å²) in [6, 6.07) is 3.85. The van der Waals surface area contributed by atoms with Crippen LogP contribution in [0.25, 0.3) is 0 Å². The predicted molar refractivity (Wildman–Crippen MR) is 90.5 cm³/mol. The lowest BCUT2D eigenvalue weighted by Gasteiger charge is -2.34. The molecular formula is C14H22ClN3O4S. The van der Waals surface area contributed by atoms with Gasteiger partial charge in [0.2, 0.25) is 10.0 Å². The molecule has 1 fully saturated rings. The monoisotopic (exact) mass is 363 g/mol. The summed E-state index contributed by atoms with van der Waals surface area (Å²) in [5.41, 5.74) is 0.193. The van der Waals surface area contributed by atoms with Gasteiger partial charge in [-0.1, -0.05) is 6.92 Å². The SMILES string of the molecule is Cc1cc(S(=O)(=O)NCC2(C)CCNCC2)ccc1[N+](=O)[O-].Cl. The number of sulfonamides is 1. The normalized spacial score (nSPS) is 17.3. The minimum absolute atomic E-state index is 0. The van der Waals surface area contributed by atoms with Crippen molar-refractivity contribution in [3.8, 4) is 0 Å². The van der Waals surface area contributed by atoms with Crippen LogP contribution in [0.2, 0.25) is 0 Å². The molecule has 1 saturated heterocycles. The van der Waals surface area contributed by atoms with Crippen molar-refractivity contribution in [2.24, 2.45) is 5.41 Å². The Morgan fingerprint density at radius 2 is 1.96 bits per heavy atom. The Labute approximate surface area is 142 Å². The molecule has 1 aliphatic heterocycles. The number of benzene rings is 1. The number of hydrogen-bond acceptors (Lipinski definition) is 5. The first-order valence-corrected chi connectivity index (χ1v) is 8.67. The largest absolute Gasteiger partial charge is 0.317 e. The molecule has 0 aromatic heterocycles. The van der Waals surface area contributed by atoms with Gasteiger partial charge in [0.25, 0.3) is 5.69 Å². The molecule has 130 valence electrons. The van der Waals surface area contributed by atoms with Crippen molar-refractivity contribution in [1.29, 1.82) is 0 Å². The second-order valence-corrected chi connectivity index (χ2v) is 7.86. The fourth-order valence-electron chi connectivity index (χ4n) is 2.56. The number of rotatable bonds is 5. The molecule has 0 amide bonds. The highest BCUT2D eigenvalue weighted by atomic mass is 35.5. The molecule has 2 rings (SSSR count). The standard InChI is InChI=1S/C14H21N3O4S.ClH/c1-11-9-12(3-4-13(11)17(18)19)22(20,21)16-10-14(2)5-7-15-8-6-14;/h3-4,9,15-16H,5-8,10H2,1-2H3;1H. The van der Waals surface area contributed by atoms with Crippen LogP contribution in [0.1, 0.15) is 25.3 Å². The summed E-state index contributed by atoms with van der Waals surface area (Å²) in [6.07, 6.45) is 1.82. The van der Waals surface area contributed by atoms with E-state index in [2.05, 4.69) is 17.0 Å². The molecule has 0 bridgehead atoms. The summed E-state index contributed by atoms with van der Waals surface area (Å²) in [7, 11) is -3.66. The topological polar surface area (TPSA) is 101 Å². The number of nitrogens with one attached hydrogen (secondary N) is 2. The summed E-state index contributed by atoms with van der Waals surface area (Å²) in [6.45, 7) is 5.74. The second-order valence-electron chi connectivity index (χ2n) is 6.09. The van der Waals surface area contributed by atoms with E-state index in [1.54, 1.807) is 0 Å². The average molecular weight is 364 g/mol. The van der Waals surface area contributed by atoms with Crippen LogP contribution in [0.5, 0.6) is 0 Å². The lowest BCUT2D eigenvalue weighted by molar-refractivity contribution is -0.385. The van der Waals surface area contributed by atoms with Crippen LogP contribution in [0, 0.1) is 22.5 Å². The molecule has 0 radical (unpaired) electrons. The van der Waals surface area contributed by atoms with Crippen LogP contribution >= 0.6 is 12.4 Å². The van der Waals surface area contributed by atoms with Crippen LogP contribution in [0.4, 0.5) is 5.69 Å². The van der Waals surface area contributed by atoms with Gasteiger partial charge in [0.15, 0.2) is 0 Å². The molecule has 1 aromatic carbocycles. The van der Waals surface area contributed by atoms with E-state index in [0.29, 0.717) is 12.1 Å². The molecule has 0 atom stereocenters. The van der Waals surface area contributed by atoms with Crippen molar-refractivity contribution in [3.05, 3.63) is 33.9 Å². The number of aryl methyl sites for hydroxylation is 1. The predicted octanol–water partition coefficient (Wildman–Crippen LogP) is 1.99. The maximum atomic E-state index is 12.4. The third-order valence-electron chi connectivity index (χ3n) is 4.17. The second kappa shape index (κ2) is 7.57. The van der Waals surface area contributed by atoms with E-state index in [9.17, 15) is 18.5 Å². The number of piperidine rings is 1. The van der Waals surface area contributed by atoms with Gasteiger partial charge in [-0.2, -0.15) is 0 Å². The Kier molecular flexibility index (Phi) is 6.52. The Bertz CT molecular complexity index is 673. The molecule has 7 nitrogen and oxygen atoms in total. The molecule has 2 N–H and O–H groups in total. The van der Waals surface area contributed by atoms with E-state index in [4.69, 9.17) is 0 Å². The minimum atomic E-state index is -3.66. The van der Waals surface area contributed by atoms with Gasteiger partial charge in [0.1, 0.15) is 0 Å². The number of halogens is 1. The zero-order valence-electron chi connectivity index (χ0n) is 13.2. The Morgan fingerprint density at radius 1 is 1.35 bits per heavy atom. The van der Waals surface area contributed by atoms with Crippen molar-refractivity contribution >= 4 is 28.1 Å². The number of nitrogens with zero attached hydrogens (tertiary/aromatic N) is 1. The molecule has 23 heavy (non-hydrogen) atoms. The molecular weight excluding hydrogens is 342 g/mol. The summed E-state index contributed by atoms with van der Waals surface area (Å²) in [5.74, 6) is 0. The van der Waals surface area contributed by atoms with Crippen molar-refractivity contribution in [2.75, 3.05) is 19.6 Å². The maximum Gasteiger partial charge on any atom is 0.272 e.